The quantitative estimate of drug-likeness (QED) is 0.415. The molecule has 0 saturated carbocycles. The van der Waals surface area contributed by atoms with Gasteiger partial charge in [-0.1, -0.05) is 19.8 Å². The summed E-state index contributed by atoms with van der Waals surface area (Å²) in [7, 11) is 1.49. The van der Waals surface area contributed by atoms with Gasteiger partial charge >= 0.3 is 5.97 Å². The predicted molar refractivity (Wildman–Crippen MR) is 76.1 cm³/mol. The van der Waals surface area contributed by atoms with Gasteiger partial charge in [0.1, 0.15) is 11.1 Å². The number of nitrogens with zero attached hydrogens (tertiary/aromatic N) is 1. The summed E-state index contributed by atoms with van der Waals surface area (Å²) in [5, 5.41) is 12.0. The van der Waals surface area contributed by atoms with Gasteiger partial charge in [0, 0.05) is 12.9 Å². The van der Waals surface area contributed by atoms with Gasteiger partial charge in [-0.05, 0) is 19.0 Å². The predicted octanol–water partition coefficient (Wildman–Crippen LogP) is 0.992. The molecule has 0 radical (unpaired) electrons. The van der Waals surface area contributed by atoms with Gasteiger partial charge < -0.3 is 9.84 Å². The van der Waals surface area contributed by atoms with Crippen molar-refractivity contribution in [2.24, 2.45) is 0 Å². The first-order chi connectivity index (χ1) is 9.58. The molecule has 2 atom stereocenters. The van der Waals surface area contributed by atoms with E-state index in [2.05, 4.69) is 12.2 Å². The highest BCUT2D eigenvalue weighted by atomic mass is 32.2. The Kier molecular flexibility index (Phi) is 4.72. The molecule has 1 unspecified atom stereocenters. The van der Waals surface area contributed by atoms with Gasteiger partial charge in [0.05, 0.1) is 0 Å². The topological polar surface area (TPSA) is 78.9 Å². The second kappa shape index (κ2) is 6.15. The standard InChI is InChI=1S/C13H20N2O4S/c1-3-4-5-7-14-13(19-2)11(18)15-9(10(16)17)6-8-20-12(13)15/h6,12,14H,3-5,7-8H2,1-2H3,(H,16,17)/t12-,13?/m1/s1. The number of ether oxygens (including phenoxy) is 1. The molecule has 2 rings (SSSR count). The van der Waals surface area contributed by atoms with Crippen molar-refractivity contribution in [1.29, 1.82) is 0 Å². The zero-order valence-electron chi connectivity index (χ0n) is 11.7. The van der Waals surface area contributed by atoms with Crippen LogP contribution in [0.3, 0.4) is 0 Å². The van der Waals surface area contributed by atoms with Crippen molar-refractivity contribution in [2.75, 3.05) is 19.4 Å². The molecule has 1 fully saturated rings. The van der Waals surface area contributed by atoms with Crippen LogP contribution < -0.4 is 5.32 Å². The van der Waals surface area contributed by atoms with E-state index < -0.39 is 11.7 Å². The molecule has 2 N–H and O–H groups in total. The minimum atomic E-state index is -1.08. The summed E-state index contributed by atoms with van der Waals surface area (Å²) in [6, 6.07) is 0. The number of nitrogens with one attached hydrogen (secondary N) is 1. The third-order valence-corrected chi connectivity index (χ3v) is 4.84. The second-order valence-corrected chi connectivity index (χ2v) is 5.94. The molecule has 2 heterocycles. The summed E-state index contributed by atoms with van der Waals surface area (Å²) in [6.45, 7) is 2.80. The van der Waals surface area contributed by atoms with Crippen LogP contribution in [0.2, 0.25) is 0 Å². The number of hydrogen-bond donors (Lipinski definition) is 2. The van der Waals surface area contributed by atoms with Crippen LogP contribution in [0.15, 0.2) is 11.8 Å². The van der Waals surface area contributed by atoms with Gasteiger partial charge in [0.2, 0.25) is 5.72 Å². The van der Waals surface area contributed by atoms with Crippen LogP contribution in [-0.2, 0) is 14.3 Å². The first kappa shape index (κ1) is 15.3. The fourth-order valence-corrected chi connectivity index (χ4v) is 3.82. The summed E-state index contributed by atoms with van der Waals surface area (Å²) in [5.74, 6) is -0.820. The third-order valence-electron chi connectivity index (χ3n) is 3.62. The summed E-state index contributed by atoms with van der Waals surface area (Å²) in [4.78, 5) is 24.8. The Bertz CT molecular complexity index is 440. The molecule has 2 aliphatic rings. The van der Waals surface area contributed by atoms with E-state index in [1.807, 2.05) is 0 Å². The summed E-state index contributed by atoms with van der Waals surface area (Å²) in [6.07, 6.45) is 4.72. The van der Waals surface area contributed by atoms with Gasteiger partial charge in [-0.25, -0.2) is 4.79 Å². The number of methoxy groups -OCH3 is 1. The Morgan fingerprint density at radius 2 is 2.40 bits per heavy atom. The highest BCUT2D eigenvalue weighted by Gasteiger charge is 2.64. The molecule has 0 aliphatic carbocycles. The third kappa shape index (κ3) is 2.34. The highest BCUT2D eigenvalue weighted by molar-refractivity contribution is 8.00. The Balaban J connectivity index is 2.08. The largest absolute Gasteiger partial charge is 0.477 e. The Hall–Kier alpha value is -1.05. The zero-order chi connectivity index (χ0) is 14.8. The molecule has 0 spiro atoms. The summed E-state index contributed by atoms with van der Waals surface area (Å²) >= 11 is 1.51. The lowest BCUT2D eigenvalue weighted by Crippen LogP contribution is -2.79. The maximum atomic E-state index is 12.3. The SMILES string of the molecule is CCCCCNC1(OC)C(=O)N2C(C(=O)O)=CCS[C@@H]21. The fourth-order valence-electron chi connectivity index (χ4n) is 2.51. The molecule has 112 valence electrons. The molecule has 1 saturated heterocycles. The Morgan fingerprint density at radius 1 is 1.65 bits per heavy atom. The van der Waals surface area contributed by atoms with E-state index in [-0.39, 0.29) is 17.0 Å². The summed E-state index contributed by atoms with van der Waals surface area (Å²) < 4.78 is 5.42. The second-order valence-electron chi connectivity index (χ2n) is 4.83. The Morgan fingerprint density at radius 3 is 3.00 bits per heavy atom. The number of amides is 1. The first-order valence-electron chi connectivity index (χ1n) is 6.77. The zero-order valence-corrected chi connectivity index (χ0v) is 12.5. The number of aliphatic carboxylic acids is 1. The smallest absolute Gasteiger partial charge is 0.352 e. The van der Waals surface area contributed by atoms with Gasteiger partial charge in [-0.2, -0.15) is 0 Å². The minimum Gasteiger partial charge on any atom is -0.477 e. The van der Waals surface area contributed by atoms with E-state index >= 15 is 0 Å². The number of hydrogen-bond acceptors (Lipinski definition) is 5. The number of unbranched alkanes of at least 4 members (excludes halogenated alkanes) is 2. The first-order valence-corrected chi connectivity index (χ1v) is 7.82. The number of carboxylic acid groups (broad SMARTS) is 1. The molecular formula is C13H20N2O4S. The molecular weight excluding hydrogens is 280 g/mol. The van der Waals surface area contributed by atoms with Crippen LogP contribution in [0.4, 0.5) is 0 Å². The van der Waals surface area contributed by atoms with Crippen molar-refractivity contribution in [3.05, 3.63) is 11.8 Å². The van der Waals surface area contributed by atoms with Crippen LogP contribution >= 0.6 is 11.8 Å². The summed E-state index contributed by atoms with van der Waals surface area (Å²) in [5.41, 5.74) is -1.02. The van der Waals surface area contributed by atoms with Crippen LogP contribution in [0.1, 0.15) is 26.2 Å². The van der Waals surface area contributed by atoms with Gasteiger partial charge in [-0.3, -0.25) is 15.0 Å². The van der Waals surface area contributed by atoms with Crippen molar-refractivity contribution in [3.63, 3.8) is 0 Å². The number of carboxylic acids is 1. The lowest BCUT2D eigenvalue weighted by atomic mass is 9.99. The van der Waals surface area contributed by atoms with Crippen molar-refractivity contribution in [1.82, 2.24) is 10.2 Å². The van der Waals surface area contributed by atoms with Gasteiger partial charge in [0.15, 0.2) is 0 Å². The number of carbonyl (C=O) groups excluding carboxylic acids is 1. The van der Waals surface area contributed by atoms with Crippen LogP contribution in [0.25, 0.3) is 0 Å². The van der Waals surface area contributed by atoms with Crippen molar-refractivity contribution >= 4 is 23.6 Å². The van der Waals surface area contributed by atoms with Gasteiger partial charge in [-0.15, -0.1) is 11.8 Å². The average molecular weight is 300 g/mol. The molecule has 6 nitrogen and oxygen atoms in total. The molecule has 0 aromatic rings. The van der Waals surface area contributed by atoms with Crippen molar-refractivity contribution < 1.29 is 19.4 Å². The lowest BCUT2D eigenvalue weighted by Gasteiger charge is -2.55. The molecule has 0 aromatic carbocycles. The molecule has 20 heavy (non-hydrogen) atoms. The van der Waals surface area contributed by atoms with Crippen molar-refractivity contribution in [2.45, 2.75) is 37.3 Å². The van der Waals surface area contributed by atoms with E-state index in [1.165, 1.54) is 23.8 Å². The van der Waals surface area contributed by atoms with E-state index in [0.717, 1.165) is 19.3 Å². The number of carbonyl (C=O) groups is 2. The molecule has 7 heteroatoms. The highest BCUT2D eigenvalue weighted by Crippen LogP contribution is 2.44. The van der Waals surface area contributed by atoms with Gasteiger partial charge in [0.25, 0.3) is 5.91 Å². The molecule has 2 aliphatic heterocycles. The lowest BCUT2D eigenvalue weighted by molar-refractivity contribution is -0.190. The molecule has 0 aromatic heterocycles. The fraction of sp³-hybridized carbons (Fsp3) is 0.692. The molecule has 1 amide bonds. The average Bonchev–Trinajstić information content (AvgIpc) is 2.46. The van der Waals surface area contributed by atoms with E-state index in [1.54, 1.807) is 6.08 Å². The van der Waals surface area contributed by atoms with Crippen molar-refractivity contribution in [3.8, 4) is 0 Å². The van der Waals surface area contributed by atoms with E-state index in [0.29, 0.717) is 12.3 Å². The monoisotopic (exact) mass is 300 g/mol. The number of thioether (sulfide) groups is 1. The van der Waals surface area contributed by atoms with E-state index in [9.17, 15) is 9.59 Å². The Labute approximate surface area is 122 Å². The number of β-lactam (4-membered cyclic amide) rings is 1. The van der Waals surface area contributed by atoms with Crippen LogP contribution in [0, 0.1) is 0 Å². The maximum absolute atomic E-state index is 12.3. The van der Waals surface area contributed by atoms with Crippen LogP contribution in [0.5, 0.6) is 0 Å². The minimum absolute atomic E-state index is 0.0572. The van der Waals surface area contributed by atoms with E-state index in [4.69, 9.17) is 9.84 Å². The maximum Gasteiger partial charge on any atom is 0.352 e. The normalized spacial score (nSPS) is 28.7. The van der Waals surface area contributed by atoms with Crippen LogP contribution in [-0.4, -0.2) is 52.4 Å². The number of rotatable bonds is 7. The molecule has 0 bridgehead atoms. The number of fused-ring (bicyclic) bond motifs is 1.